The zero-order valence-electron chi connectivity index (χ0n) is 12.6. The second-order valence-electron chi connectivity index (χ2n) is 5.32. The molecule has 0 atom stereocenters. The summed E-state index contributed by atoms with van der Waals surface area (Å²) < 4.78 is 15.3. The van der Waals surface area contributed by atoms with Crippen molar-refractivity contribution in [2.75, 3.05) is 18.4 Å². The van der Waals surface area contributed by atoms with Crippen LogP contribution in [0.15, 0.2) is 18.2 Å². The van der Waals surface area contributed by atoms with E-state index in [-0.39, 0.29) is 29.9 Å². The van der Waals surface area contributed by atoms with Crippen molar-refractivity contribution >= 4 is 24.0 Å². The molecule has 7 nitrogen and oxygen atoms in total. The summed E-state index contributed by atoms with van der Waals surface area (Å²) >= 11 is 0. The molecule has 1 amide bonds. The monoisotopic (exact) mass is 340 g/mol. The number of aryl methyl sites for hydroxylation is 1. The summed E-state index contributed by atoms with van der Waals surface area (Å²) in [6.45, 7) is 3.37. The SMILES string of the molecule is Cc1nnnn1-c1cc(NC(=O)C2CCNCC2)ccc1F.Cl. The molecule has 1 aliphatic heterocycles. The van der Waals surface area contributed by atoms with E-state index in [0.717, 1.165) is 25.9 Å². The smallest absolute Gasteiger partial charge is 0.227 e. The van der Waals surface area contributed by atoms with E-state index in [0.29, 0.717) is 11.5 Å². The number of rotatable bonds is 3. The highest BCUT2D eigenvalue weighted by atomic mass is 35.5. The maximum absolute atomic E-state index is 14.0. The Balaban J connectivity index is 0.00000192. The number of benzene rings is 1. The average molecular weight is 341 g/mol. The van der Waals surface area contributed by atoms with Crippen molar-refractivity contribution < 1.29 is 9.18 Å². The van der Waals surface area contributed by atoms with Crippen molar-refractivity contribution in [1.29, 1.82) is 0 Å². The predicted octanol–water partition coefficient (Wildman–Crippen LogP) is 1.47. The zero-order valence-corrected chi connectivity index (χ0v) is 13.4. The van der Waals surface area contributed by atoms with Crippen molar-refractivity contribution in [1.82, 2.24) is 25.5 Å². The minimum absolute atomic E-state index is 0. The number of aromatic nitrogens is 4. The topological polar surface area (TPSA) is 84.7 Å². The molecule has 9 heteroatoms. The number of tetrazole rings is 1. The van der Waals surface area contributed by atoms with Crippen molar-refractivity contribution in [3.8, 4) is 5.69 Å². The summed E-state index contributed by atoms with van der Waals surface area (Å²) in [7, 11) is 0. The lowest BCUT2D eigenvalue weighted by Crippen LogP contribution is -2.34. The predicted molar refractivity (Wildman–Crippen MR) is 85.3 cm³/mol. The number of carbonyl (C=O) groups excluding carboxylic acids is 1. The van der Waals surface area contributed by atoms with E-state index in [2.05, 4.69) is 26.2 Å². The van der Waals surface area contributed by atoms with Gasteiger partial charge in [0.2, 0.25) is 5.91 Å². The van der Waals surface area contributed by atoms with Gasteiger partial charge in [-0.3, -0.25) is 4.79 Å². The van der Waals surface area contributed by atoms with Gasteiger partial charge in [-0.1, -0.05) is 0 Å². The molecule has 3 rings (SSSR count). The van der Waals surface area contributed by atoms with Crippen LogP contribution < -0.4 is 10.6 Å². The average Bonchev–Trinajstić information content (AvgIpc) is 2.96. The molecule has 23 heavy (non-hydrogen) atoms. The van der Waals surface area contributed by atoms with Crippen LogP contribution in [-0.4, -0.2) is 39.2 Å². The Hall–Kier alpha value is -2.06. The molecule has 1 aromatic heterocycles. The fraction of sp³-hybridized carbons (Fsp3) is 0.429. The maximum Gasteiger partial charge on any atom is 0.227 e. The highest BCUT2D eigenvalue weighted by Gasteiger charge is 2.21. The fourth-order valence-electron chi connectivity index (χ4n) is 2.54. The van der Waals surface area contributed by atoms with Gasteiger partial charge in [-0.25, -0.2) is 4.39 Å². The Morgan fingerprint density at radius 2 is 2.13 bits per heavy atom. The van der Waals surface area contributed by atoms with Crippen LogP contribution in [0.5, 0.6) is 0 Å². The van der Waals surface area contributed by atoms with Crippen LogP contribution in [0.3, 0.4) is 0 Å². The van der Waals surface area contributed by atoms with Gasteiger partial charge >= 0.3 is 0 Å². The number of nitrogens with one attached hydrogen (secondary N) is 2. The molecule has 0 radical (unpaired) electrons. The summed E-state index contributed by atoms with van der Waals surface area (Å²) in [5.41, 5.74) is 0.750. The minimum Gasteiger partial charge on any atom is -0.326 e. The van der Waals surface area contributed by atoms with Gasteiger partial charge in [0.1, 0.15) is 11.5 Å². The number of carbonyl (C=O) groups is 1. The van der Waals surface area contributed by atoms with E-state index >= 15 is 0 Å². The van der Waals surface area contributed by atoms with Crippen LogP contribution >= 0.6 is 12.4 Å². The van der Waals surface area contributed by atoms with Gasteiger partial charge in [0.05, 0.1) is 0 Å². The van der Waals surface area contributed by atoms with Crippen LogP contribution in [0.4, 0.5) is 10.1 Å². The highest BCUT2D eigenvalue weighted by molar-refractivity contribution is 5.92. The first-order valence-corrected chi connectivity index (χ1v) is 7.21. The zero-order chi connectivity index (χ0) is 15.5. The Morgan fingerprint density at radius 3 is 2.78 bits per heavy atom. The molecule has 2 aromatic rings. The summed E-state index contributed by atoms with van der Waals surface area (Å²) in [6.07, 6.45) is 1.62. The van der Waals surface area contributed by atoms with E-state index in [1.165, 1.54) is 22.9 Å². The summed E-state index contributed by atoms with van der Waals surface area (Å²) in [5, 5.41) is 17.1. The van der Waals surface area contributed by atoms with Crippen LogP contribution in [-0.2, 0) is 4.79 Å². The molecule has 1 fully saturated rings. The van der Waals surface area contributed by atoms with Crippen LogP contribution in [0, 0.1) is 18.7 Å². The third kappa shape index (κ3) is 3.83. The van der Waals surface area contributed by atoms with E-state index in [1.807, 2.05) is 0 Å². The van der Waals surface area contributed by atoms with E-state index in [1.54, 1.807) is 6.92 Å². The van der Waals surface area contributed by atoms with Crippen LogP contribution in [0.1, 0.15) is 18.7 Å². The van der Waals surface area contributed by atoms with E-state index < -0.39 is 5.82 Å². The maximum atomic E-state index is 14.0. The fourth-order valence-corrected chi connectivity index (χ4v) is 2.54. The minimum atomic E-state index is -0.449. The molecule has 0 bridgehead atoms. The van der Waals surface area contributed by atoms with Gasteiger partial charge in [-0.2, -0.15) is 4.68 Å². The molecule has 1 saturated heterocycles. The lowest BCUT2D eigenvalue weighted by Gasteiger charge is -2.21. The number of hydrogen-bond donors (Lipinski definition) is 2. The van der Waals surface area contributed by atoms with Crippen molar-refractivity contribution in [2.45, 2.75) is 19.8 Å². The Morgan fingerprint density at radius 1 is 1.39 bits per heavy atom. The Kier molecular flexibility index (Phi) is 5.62. The molecule has 0 saturated carbocycles. The molecule has 0 aliphatic carbocycles. The largest absolute Gasteiger partial charge is 0.326 e. The van der Waals surface area contributed by atoms with E-state index in [4.69, 9.17) is 0 Å². The molecular weight excluding hydrogens is 323 g/mol. The molecule has 1 aliphatic rings. The molecular formula is C14H18ClFN6O. The molecule has 0 spiro atoms. The van der Waals surface area contributed by atoms with Gasteiger partial charge in [0, 0.05) is 11.6 Å². The second kappa shape index (κ2) is 7.47. The first-order chi connectivity index (χ1) is 10.6. The van der Waals surface area contributed by atoms with Crippen LogP contribution in [0.2, 0.25) is 0 Å². The van der Waals surface area contributed by atoms with Gasteiger partial charge in [0.15, 0.2) is 5.82 Å². The van der Waals surface area contributed by atoms with Gasteiger partial charge in [-0.15, -0.1) is 17.5 Å². The lowest BCUT2D eigenvalue weighted by molar-refractivity contribution is -0.120. The van der Waals surface area contributed by atoms with Crippen molar-refractivity contribution in [3.05, 3.63) is 29.8 Å². The lowest BCUT2D eigenvalue weighted by atomic mass is 9.97. The Bertz CT molecular complexity index is 686. The summed E-state index contributed by atoms with van der Waals surface area (Å²) in [6, 6.07) is 4.38. The summed E-state index contributed by atoms with van der Waals surface area (Å²) in [4.78, 5) is 12.2. The molecule has 1 aromatic carbocycles. The molecule has 124 valence electrons. The first kappa shape index (κ1) is 17.3. The number of amides is 1. The third-order valence-electron chi connectivity index (χ3n) is 3.78. The second-order valence-corrected chi connectivity index (χ2v) is 5.32. The standard InChI is InChI=1S/C14H17FN6O.ClH/c1-9-18-19-20-21(9)13-8-11(2-3-12(13)15)17-14(22)10-4-6-16-7-5-10;/h2-3,8,10,16H,4-7H2,1H3,(H,17,22);1H. The molecule has 2 heterocycles. The number of nitrogens with zero attached hydrogens (tertiary/aromatic N) is 4. The quantitative estimate of drug-likeness (QED) is 0.884. The number of halogens is 2. The van der Waals surface area contributed by atoms with Crippen molar-refractivity contribution in [3.63, 3.8) is 0 Å². The summed E-state index contributed by atoms with van der Waals surface area (Å²) in [5.74, 6) is -0.0204. The van der Waals surface area contributed by atoms with Gasteiger partial charge in [0.25, 0.3) is 0 Å². The normalized spacial score (nSPS) is 15.0. The first-order valence-electron chi connectivity index (χ1n) is 7.21. The van der Waals surface area contributed by atoms with Gasteiger partial charge in [-0.05, 0) is 61.5 Å². The van der Waals surface area contributed by atoms with Gasteiger partial charge < -0.3 is 10.6 Å². The molecule has 2 N–H and O–H groups in total. The molecule has 0 unspecified atom stereocenters. The number of piperidine rings is 1. The van der Waals surface area contributed by atoms with Crippen LogP contribution in [0.25, 0.3) is 5.69 Å². The Labute approximate surface area is 139 Å². The number of anilines is 1. The highest BCUT2D eigenvalue weighted by Crippen LogP contribution is 2.21. The third-order valence-corrected chi connectivity index (χ3v) is 3.78. The van der Waals surface area contributed by atoms with Crippen molar-refractivity contribution in [2.24, 2.45) is 5.92 Å². The number of hydrogen-bond acceptors (Lipinski definition) is 5. The van der Waals surface area contributed by atoms with E-state index in [9.17, 15) is 9.18 Å².